The molecule has 2 aromatic heterocycles. The molecule has 0 radical (unpaired) electrons. The number of nitrogens with one attached hydrogen (secondary N) is 2. The molecule has 1 aromatic carbocycles. The predicted molar refractivity (Wildman–Crippen MR) is 106 cm³/mol. The number of sulfonamides is 1. The fourth-order valence-electron chi connectivity index (χ4n) is 3.91. The van der Waals surface area contributed by atoms with Gasteiger partial charge in [0.05, 0.1) is 11.4 Å². The molecular formula is C20H26N4O2S. The highest BCUT2D eigenvalue weighted by atomic mass is 32.2. The molecule has 1 aliphatic heterocycles. The molecule has 0 atom stereocenters. The van der Waals surface area contributed by atoms with Crippen molar-refractivity contribution in [2.45, 2.75) is 57.9 Å². The van der Waals surface area contributed by atoms with E-state index < -0.39 is 10.0 Å². The summed E-state index contributed by atoms with van der Waals surface area (Å²) in [7, 11) is -3.58. The van der Waals surface area contributed by atoms with Gasteiger partial charge in [-0.15, -0.1) is 0 Å². The Morgan fingerprint density at radius 1 is 1.19 bits per heavy atom. The van der Waals surface area contributed by atoms with Gasteiger partial charge in [-0.05, 0) is 42.5 Å². The fourth-order valence-corrected chi connectivity index (χ4v) is 5.65. The first-order valence-corrected chi connectivity index (χ1v) is 10.7. The second-order valence-corrected chi connectivity index (χ2v) is 10.3. The Bertz CT molecular complexity index is 1110. The van der Waals surface area contributed by atoms with Gasteiger partial charge in [-0.2, -0.15) is 9.40 Å². The van der Waals surface area contributed by atoms with Crippen LogP contribution in [0.4, 0.5) is 0 Å². The van der Waals surface area contributed by atoms with Gasteiger partial charge in [0.2, 0.25) is 10.0 Å². The van der Waals surface area contributed by atoms with Gasteiger partial charge in [-0.3, -0.25) is 5.10 Å². The SMILES string of the molecule is Cc1n[nH]c(C)c1S(=O)(=O)N1CCc2[nH]c3ccc(C(C)(C)C)cc3c2C1. The van der Waals surface area contributed by atoms with Crippen LogP contribution in [-0.2, 0) is 28.4 Å². The molecule has 3 heterocycles. The van der Waals surface area contributed by atoms with Gasteiger partial charge >= 0.3 is 0 Å². The van der Waals surface area contributed by atoms with Gasteiger partial charge in [-0.25, -0.2) is 8.42 Å². The molecule has 0 aliphatic carbocycles. The van der Waals surface area contributed by atoms with Crippen LogP contribution < -0.4 is 0 Å². The molecule has 1 aliphatic rings. The number of aromatic amines is 2. The molecule has 27 heavy (non-hydrogen) atoms. The van der Waals surface area contributed by atoms with Gasteiger partial charge in [0.1, 0.15) is 4.90 Å². The first-order chi connectivity index (χ1) is 12.6. The fraction of sp³-hybridized carbons (Fsp3) is 0.450. The Morgan fingerprint density at radius 2 is 1.93 bits per heavy atom. The maximum absolute atomic E-state index is 13.2. The van der Waals surface area contributed by atoms with Crippen molar-refractivity contribution in [3.8, 4) is 0 Å². The average molecular weight is 387 g/mol. The van der Waals surface area contributed by atoms with Gasteiger partial charge in [0, 0.05) is 36.1 Å². The van der Waals surface area contributed by atoms with Crippen molar-refractivity contribution in [1.82, 2.24) is 19.5 Å². The second kappa shape index (κ2) is 5.94. The summed E-state index contributed by atoms with van der Waals surface area (Å²) in [5.41, 5.74) is 5.71. The van der Waals surface area contributed by atoms with Crippen LogP contribution in [0.2, 0.25) is 0 Å². The molecule has 144 valence electrons. The predicted octanol–water partition coefficient (Wildman–Crippen LogP) is 3.55. The van der Waals surface area contributed by atoms with E-state index in [0.29, 0.717) is 35.8 Å². The maximum Gasteiger partial charge on any atom is 0.247 e. The van der Waals surface area contributed by atoms with Gasteiger partial charge < -0.3 is 4.98 Å². The lowest BCUT2D eigenvalue weighted by molar-refractivity contribution is 0.390. The summed E-state index contributed by atoms with van der Waals surface area (Å²) in [5, 5.41) is 7.97. The van der Waals surface area contributed by atoms with E-state index in [4.69, 9.17) is 0 Å². The van der Waals surface area contributed by atoms with Crippen molar-refractivity contribution in [2.75, 3.05) is 6.54 Å². The number of aryl methyl sites for hydroxylation is 2. The van der Waals surface area contributed by atoms with Crippen LogP contribution in [0.25, 0.3) is 10.9 Å². The molecule has 4 rings (SSSR count). The molecule has 6 nitrogen and oxygen atoms in total. The molecule has 0 saturated carbocycles. The summed E-state index contributed by atoms with van der Waals surface area (Å²) in [6.07, 6.45) is 0.685. The Morgan fingerprint density at radius 3 is 2.56 bits per heavy atom. The van der Waals surface area contributed by atoms with Crippen molar-refractivity contribution in [3.05, 3.63) is 46.4 Å². The summed E-state index contributed by atoms with van der Waals surface area (Å²) in [6.45, 7) is 10.9. The number of H-pyrrole nitrogens is 2. The highest BCUT2D eigenvalue weighted by Gasteiger charge is 2.33. The van der Waals surface area contributed by atoms with E-state index in [9.17, 15) is 8.42 Å². The minimum Gasteiger partial charge on any atom is -0.358 e. The van der Waals surface area contributed by atoms with Gasteiger partial charge in [0.25, 0.3) is 0 Å². The minimum absolute atomic E-state index is 0.0454. The lowest BCUT2D eigenvalue weighted by Crippen LogP contribution is -2.36. The van der Waals surface area contributed by atoms with E-state index in [1.165, 1.54) is 5.56 Å². The highest BCUT2D eigenvalue weighted by Crippen LogP contribution is 2.34. The third-order valence-corrected chi connectivity index (χ3v) is 7.57. The van der Waals surface area contributed by atoms with Crippen LogP contribution in [-0.4, -0.2) is 34.4 Å². The summed E-state index contributed by atoms with van der Waals surface area (Å²) in [5.74, 6) is 0. The van der Waals surface area contributed by atoms with Crippen LogP contribution in [0.15, 0.2) is 23.1 Å². The quantitative estimate of drug-likeness (QED) is 0.707. The Hall–Kier alpha value is -2.12. The first-order valence-electron chi connectivity index (χ1n) is 9.24. The monoisotopic (exact) mass is 386 g/mol. The van der Waals surface area contributed by atoms with E-state index in [1.807, 2.05) is 0 Å². The van der Waals surface area contributed by atoms with Crippen LogP contribution in [0.5, 0.6) is 0 Å². The maximum atomic E-state index is 13.2. The lowest BCUT2D eigenvalue weighted by atomic mass is 9.86. The van der Waals surface area contributed by atoms with Crippen molar-refractivity contribution in [1.29, 1.82) is 0 Å². The number of benzene rings is 1. The molecule has 0 saturated heterocycles. The van der Waals surface area contributed by atoms with E-state index >= 15 is 0 Å². The van der Waals surface area contributed by atoms with Crippen LogP contribution in [0, 0.1) is 13.8 Å². The molecule has 3 aromatic rings. The molecule has 0 unspecified atom stereocenters. The van der Waals surface area contributed by atoms with Crippen molar-refractivity contribution in [2.24, 2.45) is 0 Å². The van der Waals surface area contributed by atoms with Crippen molar-refractivity contribution < 1.29 is 8.42 Å². The normalized spacial score (nSPS) is 16.0. The number of aromatic nitrogens is 3. The standard InChI is InChI=1S/C20H26N4O2S/c1-12-19(13(2)23-22-12)27(25,26)24-9-8-18-16(11-24)15-10-14(20(3,4)5)6-7-17(15)21-18/h6-7,10,21H,8-9,11H2,1-5H3,(H,22,23). The summed E-state index contributed by atoms with van der Waals surface area (Å²) in [6, 6.07) is 6.46. The van der Waals surface area contributed by atoms with Gasteiger partial charge in [0.15, 0.2) is 0 Å². The van der Waals surface area contributed by atoms with Crippen molar-refractivity contribution >= 4 is 20.9 Å². The highest BCUT2D eigenvalue weighted by molar-refractivity contribution is 7.89. The summed E-state index contributed by atoms with van der Waals surface area (Å²) in [4.78, 5) is 3.79. The largest absolute Gasteiger partial charge is 0.358 e. The smallest absolute Gasteiger partial charge is 0.247 e. The third kappa shape index (κ3) is 2.89. The summed E-state index contributed by atoms with van der Waals surface area (Å²) >= 11 is 0. The number of hydrogen-bond donors (Lipinski definition) is 2. The van der Waals surface area contributed by atoms with E-state index in [1.54, 1.807) is 18.2 Å². The van der Waals surface area contributed by atoms with Crippen LogP contribution in [0.1, 0.15) is 49.0 Å². The Kier molecular flexibility index (Phi) is 4.01. The molecule has 0 bridgehead atoms. The summed E-state index contributed by atoms with van der Waals surface area (Å²) < 4.78 is 28.1. The number of rotatable bonds is 2. The molecular weight excluding hydrogens is 360 g/mol. The third-order valence-electron chi connectivity index (χ3n) is 5.46. The van der Waals surface area contributed by atoms with E-state index in [0.717, 1.165) is 22.2 Å². The number of hydrogen-bond acceptors (Lipinski definition) is 3. The molecule has 2 N–H and O–H groups in total. The van der Waals surface area contributed by atoms with Gasteiger partial charge in [-0.1, -0.05) is 26.8 Å². The Balaban J connectivity index is 1.78. The second-order valence-electron chi connectivity index (χ2n) is 8.44. The molecule has 0 amide bonds. The lowest BCUT2D eigenvalue weighted by Gasteiger charge is -2.27. The Labute approximate surface area is 160 Å². The molecule has 0 fully saturated rings. The molecule has 7 heteroatoms. The average Bonchev–Trinajstić information content (AvgIpc) is 3.12. The van der Waals surface area contributed by atoms with E-state index in [-0.39, 0.29) is 5.41 Å². The zero-order chi connectivity index (χ0) is 19.6. The number of nitrogens with zero attached hydrogens (tertiary/aromatic N) is 2. The first kappa shape index (κ1) is 18.3. The number of fused-ring (bicyclic) bond motifs is 3. The molecule has 0 spiro atoms. The van der Waals surface area contributed by atoms with Crippen LogP contribution >= 0.6 is 0 Å². The topological polar surface area (TPSA) is 81.8 Å². The zero-order valence-electron chi connectivity index (χ0n) is 16.5. The minimum atomic E-state index is -3.58. The van der Waals surface area contributed by atoms with Crippen LogP contribution in [0.3, 0.4) is 0 Å². The van der Waals surface area contributed by atoms with Crippen molar-refractivity contribution in [3.63, 3.8) is 0 Å². The zero-order valence-corrected chi connectivity index (χ0v) is 17.3. The van der Waals surface area contributed by atoms with E-state index in [2.05, 4.69) is 54.2 Å².